The van der Waals surface area contributed by atoms with Crippen molar-refractivity contribution in [2.75, 3.05) is 7.11 Å². The summed E-state index contributed by atoms with van der Waals surface area (Å²) in [5.41, 5.74) is 2.85. The van der Waals surface area contributed by atoms with Crippen molar-refractivity contribution in [3.63, 3.8) is 0 Å². The van der Waals surface area contributed by atoms with Crippen LogP contribution in [-0.4, -0.2) is 12.2 Å². The van der Waals surface area contributed by atoms with Gasteiger partial charge in [-0.3, -0.25) is 0 Å². The van der Waals surface area contributed by atoms with E-state index < -0.39 is 6.10 Å². The largest absolute Gasteiger partial charge is 0.497 e. The van der Waals surface area contributed by atoms with Crippen LogP contribution in [0.25, 0.3) is 0 Å². The molecule has 0 saturated carbocycles. The molecule has 0 aliphatic rings. The zero-order valence-corrected chi connectivity index (χ0v) is 11.9. The number of aliphatic hydroxyl groups is 1. The molecule has 0 heterocycles. The first-order valence-electron chi connectivity index (χ1n) is 5.70. The van der Waals surface area contributed by atoms with E-state index in [4.69, 9.17) is 4.74 Å². The van der Waals surface area contributed by atoms with Crippen molar-refractivity contribution >= 4 is 15.9 Å². The van der Waals surface area contributed by atoms with Gasteiger partial charge in [0.1, 0.15) is 11.9 Å². The number of hydrogen-bond donors (Lipinski definition) is 1. The van der Waals surface area contributed by atoms with Crippen molar-refractivity contribution in [2.45, 2.75) is 13.0 Å². The maximum atomic E-state index is 10.4. The summed E-state index contributed by atoms with van der Waals surface area (Å²) in [5, 5.41) is 10.4. The van der Waals surface area contributed by atoms with E-state index in [0.717, 1.165) is 26.9 Å². The summed E-state index contributed by atoms with van der Waals surface area (Å²) in [7, 11) is 1.63. The molecule has 0 aromatic heterocycles. The van der Waals surface area contributed by atoms with Crippen LogP contribution in [0.1, 0.15) is 22.8 Å². The summed E-state index contributed by atoms with van der Waals surface area (Å²) < 4.78 is 6.02. The Kier molecular flexibility index (Phi) is 4.04. The monoisotopic (exact) mass is 306 g/mol. The number of aryl methyl sites for hydroxylation is 1. The highest BCUT2D eigenvalue weighted by Gasteiger charge is 2.13. The van der Waals surface area contributed by atoms with E-state index in [1.165, 1.54) is 0 Å². The van der Waals surface area contributed by atoms with E-state index in [0.29, 0.717) is 0 Å². The Balaban J connectivity index is 2.34. The van der Waals surface area contributed by atoms with E-state index >= 15 is 0 Å². The number of hydrogen-bond acceptors (Lipinski definition) is 2. The van der Waals surface area contributed by atoms with E-state index in [9.17, 15) is 5.11 Å². The standard InChI is InChI=1S/C15H15BrO2/c1-10-3-8-14(16)13(9-10)15(17)11-4-6-12(18-2)7-5-11/h3-9,15,17H,1-2H3. The van der Waals surface area contributed by atoms with Crippen molar-refractivity contribution in [1.29, 1.82) is 0 Å². The summed E-state index contributed by atoms with van der Waals surface area (Å²) in [6.07, 6.45) is -0.634. The molecule has 2 rings (SSSR count). The highest BCUT2D eigenvalue weighted by molar-refractivity contribution is 9.10. The SMILES string of the molecule is COc1ccc(C(O)c2cc(C)ccc2Br)cc1. The van der Waals surface area contributed by atoms with Crippen LogP contribution >= 0.6 is 15.9 Å². The average Bonchev–Trinajstić information content (AvgIpc) is 2.41. The minimum absolute atomic E-state index is 0.634. The Labute approximate surface area is 115 Å². The molecule has 0 fully saturated rings. The van der Waals surface area contributed by atoms with E-state index in [1.54, 1.807) is 7.11 Å². The number of aliphatic hydroxyl groups excluding tert-OH is 1. The lowest BCUT2D eigenvalue weighted by atomic mass is 10.00. The van der Waals surface area contributed by atoms with Crippen molar-refractivity contribution in [3.8, 4) is 5.75 Å². The maximum Gasteiger partial charge on any atom is 0.118 e. The fourth-order valence-corrected chi connectivity index (χ4v) is 2.30. The first-order valence-corrected chi connectivity index (χ1v) is 6.49. The third-order valence-corrected chi connectivity index (χ3v) is 3.60. The van der Waals surface area contributed by atoms with Gasteiger partial charge >= 0.3 is 0 Å². The molecule has 1 unspecified atom stereocenters. The lowest BCUT2D eigenvalue weighted by Gasteiger charge is -2.14. The van der Waals surface area contributed by atoms with Gasteiger partial charge in [0.15, 0.2) is 0 Å². The van der Waals surface area contributed by atoms with Crippen LogP contribution < -0.4 is 4.74 Å². The molecule has 0 aliphatic carbocycles. The highest BCUT2D eigenvalue weighted by atomic mass is 79.9. The molecular formula is C15H15BrO2. The lowest BCUT2D eigenvalue weighted by Crippen LogP contribution is -2.01. The Morgan fingerprint density at radius 3 is 2.39 bits per heavy atom. The van der Waals surface area contributed by atoms with E-state index in [2.05, 4.69) is 15.9 Å². The normalized spacial score (nSPS) is 12.2. The number of benzene rings is 2. The van der Waals surface area contributed by atoms with Gasteiger partial charge in [-0.25, -0.2) is 0 Å². The number of ether oxygens (including phenoxy) is 1. The van der Waals surface area contributed by atoms with Gasteiger partial charge in [0, 0.05) is 4.47 Å². The van der Waals surface area contributed by atoms with Crippen molar-refractivity contribution in [2.24, 2.45) is 0 Å². The predicted octanol–water partition coefficient (Wildman–Crippen LogP) is 3.85. The molecule has 1 atom stereocenters. The lowest BCUT2D eigenvalue weighted by molar-refractivity contribution is 0.219. The summed E-state index contributed by atoms with van der Waals surface area (Å²) in [6, 6.07) is 13.4. The fraction of sp³-hybridized carbons (Fsp3) is 0.200. The molecule has 2 aromatic rings. The molecular weight excluding hydrogens is 292 g/mol. The maximum absolute atomic E-state index is 10.4. The first kappa shape index (κ1) is 13.1. The number of methoxy groups -OCH3 is 1. The molecule has 94 valence electrons. The zero-order valence-electron chi connectivity index (χ0n) is 10.4. The van der Waals surface area contributed by atoms with Crippen LogP contribution in [0.2, 0.25) is 0 Å². The van der Waals surface area contributed by atoms with Gasteiger partial charge in [0.2, 0.25) is 0 Å². The first-order chi connectivity index (χ1) is 8.61. The predicted molar refractivity (Wildman–Crippen MR) is 75.9 cm³/mol. The van der Waals surface area contributed by atoms with Gasteiger partial charge in [-0.05, 0) is 36.2 Å². The average molecular weight is 307 g/mol. The molecule has 2 aromatic carbocycles. The van der Waals surface area contributed by atoms with Crippen LogP contribution in [-0.2, 0) is 0 Å². The second kappa shape index (κ2) is 5.55. The summed E-state index contributed by atoms with van der Waals surface area (Å²) >= 11 is 3.47. The van der Waals surface area contributed by atoms with Gasteiger partial charge in [0.05, 0.1) is 7.11 Å². The fourth-order valence-electron chi connectivity index (χ4n) is 1.84. The highest BCUT2D eigenvalue weighted by Crippen LogP contribution is 2.30. The Morgan fingerprint density at radius 2 is 1.78 bits per heavy atom. The smallest absolute Gasteiger partial charge is 0.118 e. The van der Waals surface area contributed by atoms with E-state index in [-0.39, 0.29) is 0 Å². The summed E-state index contributed by atoms with van der Waals surface area (Å²) in [4.78, 5) is 0. The Morgan fingerprint density at radius 1 is 1.11 bits per heavy atom. The van der Waals surface area contributed by atoms with Crippen molar-refractivity contribution < 1.29 is 9.84 Å². The van der Waals surface area contributed by atoms with Gasteiger partial charge < -0.3 is 9.84 Å². The Bertz CT molecular complexity index is 535. The summed E-state index contributed by atoms with van der Waals surface area (Å²) in [5.74, 6) is 0.786. The second-order valence-corrected chi connectivity index (χ2v) is 5.06. The number of rotatable bonds is 3. The molecule has 18 heavy (non-hydrogen) atoms. The van der Waals surface area contributed by atoms with Crippen molar-refractivity contribution in [3.05, 3.63) is 63.6 Å². The molecule has 2 nitrogen and oxygen atoms in total. The van der Waals surface area contributed by atoms with Gasteiger partial charge in [0.25, 0.3) is 0 Å². The molecule has 3 heteroatoms. The molecule has 0 aliphatic heterocycles. The van der Waals surface area contributed by atoms with Gasteiger partial charge in [-0.2, -0.15) is 0 Å². The topological polar surface area (TPSA) is 29.5 Å². The minimum Gasteiger partial charge on any atom is -0.497 e. The third-order valence-electron chi connectivity index (χ3n) is 2.88. The van der Waals surface area contributed by atoms with Crippen LogP contribution in [0.4, 0.5) is 0 Å². The molecule has 1 N–H and O–H groups in total. The quantitative estimate of drug-likeness (QED) is 0.933. The summed E-state index contributed by atoms with van der Waals surface area (Å²) in [6.45, 7) is 2.01. The van der Waals surface area contributed by atoms with Crippen LogP contribution in [0.5, 0.6) is 5.75 Å². The molecule has 0 bridgehead atoms. The van der Waals surface area contributed by atoms with Crippen LogP contribution in [0.3, 0.4) is 0 Å². The molecule has 0 amide bonds. The van der Waals surface area contributed by atoms with Gasteiger partial charge in [-0.1, -0.05) is 45.8 Å². The third kappa shape index (κ3) is 2.74. The molecule has 0 spiro atoms. The van der Waals surface area contributed by atoms with E-state index in [1.807, 2.05) is 49.4 Å². The minimum atomic E-state index is -0.634. The van der Waals surface area contributed by atoms with Crippen molar-refractivity contribution in [1.82, 2.24) is 0 Å². The van der Waals surface area contributed by atoms with Crippen LogP contribution in [0.15, 0.2) is 46.9 Å². The number of halogens is 1. The zero-order chi connectivity index (χ0) is 13.1. The second-order valence-electron chi connectivity index (χ2n) is 4.20. The molecule has 0 radical (unpaired) electrons. The molecule has 0 saturated heterocycles. The Hall–Kier alpha value is -1.32. The van der Waals surface area contributed by atoms with Gasteiger partial charge in [-0.15, -0.1) is 0 Å². The van der Waals surface area contributed by atoms with Crippen LogP contribution in [0, 0.1) is 6.92 Å².